The number of hydrogen-bond acceptors (Lipinski definition) is 5. The summed E-state index contributed by atoms with van der Waals surface area (Å²) in [5.41, 5.74) is 1.69. The summed E-state index contributed by atoms with van der Waals surface area (Å²) in [7, 11) is -0.561. The van der Waals surface area contributed by atoms with Crippen molar-refractivity contribution in [3.8, 4) is 11.5 Å². The number of amides is 1. The standard InChI is InChI=1S/C23H23ClN2O5S/c1-16-14-21(32(28,29)25-18-6-4-17(24)5-7-18)12-13-22(16)31-15-23(27)26(2)19-8-10-20(30-3)11-9-19/h4-14,25H,15H2,1-3H3. The normalized spacial score (nSPS) is 11.0. The van der Waals surface area contributed by atoms with Gasteiger partial charge in [-0.15, -0.1) is 0 Å². The van der Waals surface area contributed by atoms with E-state index < -0.39 is 10.0 Å². The van der Waals surface area contributed by atoms with Crippen LogP contribution < -0.4 is 19.1 Å². The highest BCUT2D eigenvalue weighted by Gasteiger charge is 2.17. The number of halogens is 1. The van der Waals surface area contributed by atoms with Gasteiger partial charge in [0.25, 0.3) is 15.9 Å². The molecule has 0 aliphatic heterocycles. The molecule has 0 bridgehead atoms. The maximum Gasteiger partial charge on any atom is 0.264 e. The fourth-order valence-corrected chi connectivity index (χ4v) is 4.14. The van der Waals surface area contributed by atoms with Crippen molar-refractivity contribution in [3.63, 3.8) is 0 Å². The molecule has 0 unspecified atom stereocenters. The van der Waals surface area contributed by atoms with E-state index >= 15 is 0 Å². The molecule has 168 valence electrons. The van der Waals surface area contributed by atoms with Crippen LogP contribution in [0.3, 0.4) is 0 Å². The zero-order chi connectivity index (χ0) is 23.3. The first-order valence-corrected chi connectivity index (χ1v) is 11.5. The van der Waals surface area contributed by atoms with E-state index in [0.717, 1.165) is 0 Å². The highest BCUT2D eigenvalue weighted by molar-refractivity contribution is 7.92. The lowest BCUT2D eigenvalue weighted by Gasteiger charge is -2.18. The first kappa shape index (κ1) is 23.4. The first-order valence-electron chi connectivity index (χ1n) is 9.62. The van der Waals surface area contributed by atoms with Gasteiger partial charge in [-0.3, -0.25) is 9.52 Å². The van der Waals surface area contributed by atoms with Crippen LogP contribution in [-0.2, 0) is 14.8 Å². The van der Waals surface area contributed by atoms with Crippen molar-refractivity contribution in [3.05, 3.63) is 77.3 Å². The number of nitrogens with one attached hydrogen (secondary N) is 1. The van der Waals surface area contributed by atoms with Crippen LogP contribution in [-0.4, -0.2) is 35.1 Å². The third-order valence-electron chi connectivity index (χ3n) is 4.74. The number of carbonyl (C=O) groups excluding carboxylic acids is 1. The molecule has 0 fully saturated rings. The van der Waals surface area contributed by atoms with Gasteiger partial charge in [-0.25, -0.2) is 8.42 Å². The Balaban J connectivity index is 1.65. The molecular weight excluding hydrogens is 452 g/mol. The van der Waals surface area contributed by atoms with E-state index in [9.17, 15) is 13.2 Å². The number of aryl methyl sites for hydroxylation is 1. The third kappa shape index (κ3) is 5.72. The van der Waals surface area contributed by atoms with Gasteiger partial charge in [0.05, 0.1) is 12.0 Å². The van der Waals surface area contributed by atoms with E-state index in [1.54, 1.807) is 69.6 Å². The van der Waals surface area contributed by atoms with Gasteiger partial charge in [-0.2, -0.15) is 0 Å². The van der Waals surface area contributed by atoms with Crippen LogP contribution in [0.5, 0.6) is 11.5 Å². The van der Waals surface area contributed by atoms with E-state index in [2.05, 4.69) is 4.72 Å². The van der Waals surface area contributed by atoms with Crippen LogP contribution in [0.2, 0.25) is 5.02 Å². The summed E-state index contributed by atoms with van der Waals surface area (Å²) in [5.74, 6) is 0.865. The number of benzene rings is 3. The number of sulfonamides is 1. The van der Waals surface area contributed by atoms with Crippen molar-refractivity contribution in [2.24, 2.45) is 0 Å². The van der Waals surface area contributed by atoms with Crippen LogP contribution in [0.4, 0.5) is 11.4 Å². The van der Waals surface area contributed by atoms with Gasteiger partial charge in [-0.05, 0) is 79.2 Å². The Labute approximate surface area is 192 Å². The Bertz CT molecular complexity index is 1200. The largest absolute Gasteiger partial charge is 0.497 e. The molecule has 32 heavy (non-hydrogen) atoms. The molecular formula is C23H23ClN2O5S. The summed E-state index contributed by atoms with van der Waals surface area (Å²) in [4.78, 5) is 14.0. The number of ether oxygens (including phenoxy) is 2. The number of likely N-dealkylation sites (N-methyl/N-ethyl adjacent to an activating group) is 1. The quantitative estimate of drug-likeness (QED) is 0.519. The minimum atomic E-state index is -3.79. The molecule has 0 aliphatic rings. The zero-order valence-electron chi connectivity index (χ0n) is 17.8. The summed E-state index contributed by atoms with van der Waals surface area (Å²) in [6, 6.07) is 17.9. The number of carbonyl (C=O) groups is 1. The summed E-state index contributed by atoms with van der Waals surface area (Å²) in [6.45, 7) is 1.52. The average Bonchev–Trinajstić information content (AvgIpc) is 2.79. The van der Waals surface area contributed by atoms with Crippen molar-refractivity contribution >= 4 is 38.9 Å². The molecule has 1 N–H and O–H groups in total. The lowest BCUT2D eigenvalue weighted by Crippen LogP contribution is -2.31. The van der Waals surface area contributed by atoms with E-state index in [1.165, 1.54) is 23.1 Å². The maximum absolute atomic E-state index is 12.7. The number of rotatable bonds is 8. The fourth-order valence-electron chi connectivity index (χ4n) is 2.87. The molecule has 3 rings (SSSR count). The molecule has 0 saturated carbocycles. The Hall–Kier alpha value is -3.23. The van der Waals surface area contributed by atoms with Crippen LogP contribution >= 0.6 is 11.6 Å². The van der Waals surface area contributed by atoms with Gasteiger partial charge < -0.3 is 14.4 Å². The van der Waals surface area contributed by atoms with E-state index in [-0.39, 0.29) is 17.4 Å². The van der Waals surface area contributed by atoms with Crippen LogP contribution in [0, 0.1) is 6.92 Å². The van der Waals surface area contributed by atoms with Gasteiger partial charge in [0.1, 0.15) is 11.5 Å². The SMILES string of the molecule is COc1ccc(N(C)C(=O)COc2ccc(S(=O)(=O)Nc3ccc(Cl)cc3)cc2C)cc1. The summed E-state index contributed by atoms with van der Waals surface area (Å²) in [6.07, 6.45) is 0. The van der Waals surface area contributed by atoms with Crippen LogP contribution in [0.15, 0.2) is 71.6 Å². The smallest absolute Gasteiger partial charge is 0.264 e. The highest BCUT2D eigenvalue weighted by Crippen LogP contribution is 2.25. The Kier molecular flexibility index (Phi) is 7.27. The lowest BCUT2D eigenvalue weighted by atomic mass is 10.2. The predicted octanol–water partition coefficient (Wildman–Crippen LogP) is 4.50. The number of methoxy groups -OCH3 is 1. The van der Waals surface area contributed by atoms with Crippen molar-refractivity contribution in [2.75, 3.05) is 30.4 Å². The van der Waals surface area contributed by atoms with Crippen molar-refractivity contribution in [1.29, 1.82) is 0 Å². The monoisotopic (exact) mass is 474 g/mol. The van der Waals surface area contributed by atoms with Crippen molar-refractivity contribution < 1.29 is 22.7 Å². The lowest BCUT2D eigenvalue weighted by molar-refractivity contribution is -0.120. The number of hydrogen-bond donors (Lipinski definition) is 1. The van der Waals surface area contributed by atoms with Gasteiger partial charge in [-0.1, -0.05) is 11.6 Å². The molecule has 9 heteroatoms. The Morgan fingerprint density at radius 1 is 1.03 bits per heavy atom. The van der Waals surface area contributed by atoms with Gasteiger partial charge in [0, 0.05) is 23.4 Å². The van der Waals surface area contributed by atoms with Crippen molar-refractivity contribution in [1.82, 2.24) is 0 Å². The molecule has 7 nitrogen and oxygen atoms in total. The van der Waals surface area contributed by atoms with E-state index in [0.29, 0.717) is 33.5 Å². The topological polar surface area (TPSA) is 84.9 Å². The predicted molar refractivity (Wildman–Crippen MR) is 125 cm³/mol. The molecule has 0 aliphatic carbocycles. The van der Waals surface area contributed by atoms with Gasteiger partial charge >= 0.3 is 0 Å². The molecule has 1 amide bonds. The van der Waals surface area contributed by atoms with E-state index in [4.69, 9.17) is 21.1 Å². The number of anilines is 2. The second kappa shape index (κ2) is 9.93. The summed E-state index contributed by atoms with van der Waals surface area (Å²) < 4.78 is 38.6. The van der Waals surface area contributed by atoms with Crippen molar-refractivity contribution in [2.45, 2.75) is 11.8 Å². The molecule has 0 saturated heterocycles. The molecule has 0 spiro atoms. The van der Waals surface area contributed by atoms with E-state index in [1.807, 2.05) is 0 Å². The second-order valence-electron chi connectivity index (χ2n) is 6.98. The minimum absolute atomic E-state index is 0.0824. The summed E-state index contributed by atoms with van der Waals surface area (Å²) >= 11 is 5.83. The first-order chi connectivity index (χ1) is 15.2. The van der Waals surface area contributed by atoms with Gasteiger partial charge in [0.2, 0.25) is 0 Å². The zero-order valence-corrected chi connectivity index (χ0v) is 19.4. The Morgan fingerprint density at radius 3 is 2.28 bits per heavy atom. The fraction of sp³-hybridized carbons (Fsp3) is 0.174. The highest BCUT2D eigenvalue weighted by atomic mass is 35.5. The molecule has 0 heterocycles. The van der Waals surface area contributed by atoms with Gasteiger partial charge in [0.15, 0.2) is 6.61 Å². The molecule has 0 radical (unpaired) electrons. The minimum Gasteiger partial charge on any atom is -0.497 e. The Morgan fingerprint density at radius 2 is 1.69 bits per heavy atom. The molecule has 0 aromatic heterocycles. The average molecular weight is 475 g/mol. The second-order valence-corrected chi connectivity index (χ2v) is 9.10. The third-order valence-corrected chi connectivity index (χ3v) is 6.37. The maximum atomic E-state index is 12.7. The molecule has 0 atom stereocenters. The molecule has 3 aromatic rings. The van der Waals surface area contributed by atoms with Crippen LogP contribution in [0.1, 0.15) is 5.56 Å². The molecule has 3 aromatic carbocycles. The van der Waals surface area contributed by atoms with Crippen LogP contribution in [0.25, 0.3) is 0 Å². The number of nitrogens with zero attached hydrogens (tertiary/aromatic N) is 1. The summed E-state index contributed by atoms with van der Waals surface area (Å²) in [5, 5.41) is 0.512.